The third kappa shape index (κ3) is 2.13. The fourth-order valence-electron chi connectivity index (χ4n) is 1.65. The molecule has 0 fully saturated rings. The predicted octanol–water partition coefficient (Wildman–Crippen LogP) is 2.25. The first-order valence-corrected chi connectivity index (χ1v) is 5.26. The number of hydrogen-bond acceptors (Lipinski definition) is 2. The lowest BCUT2D eigenvalue weighted by molar-refractivity contribution is 0.583. The molecule has 80 valence electrons. The molecule has 1 aromatic carbocycles. The number of H-pyrrole nitrogens is 1. The molecule has 0 radical (unpaired) electrons. The molecule has 2 rings (SSSR count). The topological polar surface area (TPSA) is 53.8 Å². The zero-order valence-electron chi connectivity index (χ0n) is 9.17. The summed E-state index contributed by atoms with van der Waals surface area (Å²) < 4.78 is 0. The van der Waals surface area contributed by atoms with Gasteiger partial charge in [0.1, 0.15) is 0 Å². The van der Waals surface area contributed by atoms with Gasteiger partial charge >= 0.3 is 0 Å². The van der Waals surface area contributed by atoms with Crippen molar-refractivity contribution in [3.05, 3.63) is 30.0 Å². The van der Waals surface area contributed by atoms with E-state index >= 15 is 0 Å². The molecule has 0 bridgehead atoms. The molecule has 0 saturated heterocycles. The van der Waals surface area contributed by atoms with Crippen molar-refractivity contribution in [2.24, 2.45) is 0 Å². The van der Waals surface area contributed by atoms with Gasteiger partial charge in [0.15, 0.2) is 0 Å². The average Bonchev–Trinajstić information content (AvgIpc) is 2.59. The number of aromatic nitrogens is 1. The summed E-state index contributed by atoms with van der Waals surface area (Å²) in [7, 11) is 0. The SMILES string of the molecule is CC(C)NCc1cc2c(N)cccc2[nH]1. The van der Waals surface area contributed by atoms with E-state index in [4.69, 9.17) is 5.73 Å². The van der Waals surface area contributed by atoms with Gasteiger partial charge < -0.3 is 16.0 Å². The van der Waals surface area contributed by atoms with Crippen LogP contribution >= 0.6 is 0 Å². The minimum absolute atomic E-state index is 0.494. The summed E-state index contributed by atoms with van der Waals surface area (Å²) in [5, 5.41) is 4.48. The number of anilines is 1. The molecule has 3 heteroatoms. The summed E-state index contributed by atoms with van der Waals surface area (Å²) in [6.07, 6.45) is 0. The Balaban J connectivity index is 2.27. The Morgan fingerprint density at radius 2 is 2.20 bits per heavy atom. The van der Waals surface area contributed by atoms with Crippen LogP contribution in [0.2, 0.25) is 0 Å². The van der Waals surface area contributed by atoms with Crippen LogP contribution in [0.1, 0.15) is 19.5 Å². The van der Waals surface area contributed by atoms with E-state index < -0.39 is 0 Å². The van der Waals surface area contributed by atoms with Gasteiger partial charge in [-0.2, -0.15) is 0 Å². The molecule has 15 heavy (non-hydrogen) atoms. The van der Waals surface area contributed by atoms with E-state index in [1.807, 2.05) is 18.2 Å². The van der Waals surface area contributed by atoms with Gasteiger partial charge in [-0.05, 0) is 18.2 Å². The van der Waals surface area contributed by atoms with Crippen molar-refractivity contribution >= 4 is 16.6 Å². The molecule has 0 aliphatic rings. The van der Waals surface area contributed by atoms with E-state index in [1.54, 1.807) is 0 Å². The number of nitrogens with one attached hydrogen (secondary N) is 2. The van der Waals surface area contributed by atoms with Crippen molar-refractivity contribution in [3.63, 3.8) is 0 Å². The highest BCUT2D eigenvalue weighted by Crippen LogP contribution is 2.21. The lowest BCUT2D eigenvalue weighted by Gasteiger charge is -2.05. The molecule has 0 spiro atoms. The van der Waals surface area contributed by atoms with Crippen molar-refractivity contribution in [2.45, 2.75) is 26.4 Å². The van der Waals surface area contributed by atoms with Crippen molar-refractivity contribution in [3.8, 4) is 0 Å². The maximum atomic E-state index is 5.89. The van der Waals surface area contributed by atoms with E-state index in [9.17, 15) is 0 Å². The maximum Gasteiger partial charge on any atom is 0.0477 e. The minimum Gasteiger partial charge on any atom is -0.398 e. The average molecular weight is 203 g/mol. The van der Waals surface area contributed by atoms with Gasteiger partial charge in [0, 0.05) is 34.9 Å². The van der Waals surface area contributed by atoms with Gasteiger partial charge in [-0.3, -0.25) is 0 Å². The third-order valence-electron chi connectivity index (χ3n) is 2.45. The van der Waals surface area contributed by atoms with Crippen LogP contribution in [0.3, 0.4) is 0 Å². The molecule has 1 aromatic heterocycles. The standard InChI is InChI=1S/C12H17N3/c1-8(2)14-7-9-6-10-11(13)4-3-5-12(10)15-9/h3-6,8,14-15H,7,13H2,1-2H3. The van der Waals surface area contributed by atoms with Crippen LogP contribution in [0.4, 0.5) is 5.69 Å². The summed E-state index contributed by atoms with van der Waals surface area (Å²) in [5.74, 6) is 0. The Labute approximate surface area is 89.7 Å². The number of hydrogen-bond donors (Lipinski definition) is 3. The molecule has 0 aliphatic carbocycles. The summed E-state index contributed by atoms with van der Waals surface area (Å²) in [6.45, 7) is 5.12. The molecular formula is C12H17N3. The molecule has 4 N–H and O–H groups in total. The van der Waals surface area contributed by atoms with Crippen molar-refractivity contribution in [2.75, 3.05) is 5.73 Å². The molecular weight excluding hydrogens is 186 g/mol. The second-order valence-electron chi connectivity index (χ2n) is 4.14. The number of benzene rings is 1. The van der Waals surface area contributed by atoms with E-state index in [0.717, 1.165) is 23.1 Å². The smallest absolute Gasteiger partial charge is 0.0477 e. The third-order valence-corrected chi connectivity index (χ3v) is 2.45. The molecule has 3 nitrogen and oxygen atoms in total. The molecule has 0 saturated carbocycles. The Morgan fingerprint density at radius 3 is 2.87 bits per heavy atom. The molecule has 0 unspecified atom stereocenters. The summed E-state index contributed by atoms with van der Waals surface area (Å²) in [4.78, 5) is 3.35. The molecule has 1 heterocycles. The second kappa shape index (κ2) is 3.95. The van der Waals surface area contributed by atoms with Crippen LogP contribution in [0.25, 0.3) is 10.9 Å². The van der Waals surface area contributed by atoms with Gasteiger partial charge in [0.25, 0.3) is 0 Å². The largest absolute Gasteiger partial charge is 0.398 e. The number of rotatable bonds is 3. The minimum atomic E-state index is 0.494. The van der Waals surface area contributed by atoms with Crippen molar-refractivity contribution < 1.29 is 0 Å². The van der Waals surface area contributed by atoms with Crippen LogP contribution in [0.5, 0.6) is 0 Å². The van der Waals surface area contributed by atoms with Gasteiger partial charge in [0.2, 0.25) is 0 Å². The highest BCUT2D eigenvalue weighted by Gasteiger charge is 2.03. The van der Waals surface area contributed by atoms with Crippen molar-refractivity contribution in [1.29, 1.82) is 0 Å². The molecule has 2 aromatic rings. The Bertz CT molecular complexity index is 457. The van der Waals surface area contributed by atoms with Crippen LogP contribution in [0, 0.1) is 0 Å². The second-order valence-corrected chi connectivity index (χ2v) is 4.14. The Kier molecular flexibility index (Phi) is 2.64. The molecule has 0 amide bonds. The number of nitrogen functional groups attached to an aromatic ring is 1. The van der Waals surface area contributed by atoms with Gasteiger partial charge in [-0.15, -0.1) is 0 Å². The zero-order valence-corrected chi connectivity index (χ0v) is 9.17. The lowest BCUT2D eigenvalue weighted by Crippen LogP contribution is -2.21. The van der Waals surface area contributed by atoms with Gasteiger partial charge in [0.05, 0.1) is 0 Å². The normalized spacial score (nSPS) is 11.4. The monoisotopic (exact) mass is 203 g/mol. The van der Waals surface area contributed by atoms with Gasteiger partial charge in [-0.25, -0.2) is 0 Å². The fourth-order valence-corrected chi connectivity index (χ4v) is 1.65. The fraction of sp³-hybridized carbons (Fsp3) is 0.333. The molecule has 0 atom stereocenters. The number of aromatic amines is 1. The summed E-state index contributed by atoms with van der Waals surface area (Å²) in [5.41, 5.74) is 9.00. The highest BCUT2D eigenvalue weighted by atomic mass is 14.9. The lowest BCUT2D eigenvalue weighted by atomic mass is 10.2. The van der Waals surface area contributed by atoms with Crippen LogP contribution in [-0.2, 0) is 6.54 Å². The van der Waals surface area contributed by atoms with E-state index in [-0.39, 0.29) is 0 Å². The van der Waals surface area contributed by atoms with Crippen LogP contribution in [0.15, 0.2) is 24.3 Å². The Morgan fingerprint density at radius 1 is 1.40 bits per heavy atom. The quantitative estimate of drug-likeness (QED) is 0.670. The first kappa shape index (κ1) is 10.1. The van der Waals surface area contributed by atoms with Gasteiger partial charge in [-0.1, -0.05) is 19.9 Å². The van der Waals surface area contributed by atoms with Crippen molar-refractivity contribution in [1.82, 2.24) is 10.3 Å². The molecule has 0 aliphatic heterocycles. The maximum absolute atomic E-state index is 5.89. The summed E-state index contributed by atoms with van der Waals surface area (Å²) >= 11 is 0. The van der Waals surface area contributed by atoms with Crippen LogP contribution < -0.4 is 11.1 Å². The first-order chi connectivity index (χ1) is 7.16. The zero-order chi connectivity index (χ0) is 10.8. The van der Waals surface area contributed by atoms with E-state index in [0.29, 0.717) is 6.04 Å². The Hall–Kier alpha value is -1.48. The van der Waals surface area contributed by atoms with E-state index in [1.165, 1.54) is 5.69 Å². The predicted molar refractivity (Wildman–Crippen MR) is 64.7 cm³/mol. The number of nitrogens with two attached hydrogens (primary N) is 1. The highest BCUT2D eigenvalue weighted by molar-refractivity contribution is 5.91. The number of fused-ring (bicyclic) bond motifs is 1. The first-order valence-electron chi connectivity index (χ1n) is 5.26. The summed E-state index contributed by atoms with van der Waals surface area (Å²) in [6, 6.07) is 8.54. The van der Waals surface area contributed by atoms with Crippen LogP contribution in [-0.4, -0.2) is 11.0 Å². The van der Waals surface area contributed by atoms with E-state index in [2.05, 4.69) is 30.2 Å².